The summed E-state index contributed by atoms with van der Waals surface area (Å²) >= 11 is 0. The minimum atomic E-state index is -0.678. The molecule has 0 radical (unpaired) electrons. The Balaban J connectivity index is 2.93. The minimum Gasteiger partial charge on any atom is -0.323 e. The highest BCUT2D eigenvalue weighted by Gasteiger charge is 2.14. The third-order valence-electron chi connectivity index (χ3n) is 2.81. The molecule has 0 saturated heterocycles. The van der Waals surface area contributed by atoms with Crippen molar-refractivity contribution < 1.29 is 8.78 Å². The van der Waals surface area contributed by atoms with E-state index < -0.39 is 11.6 Å². The normalized spacial score (nSPS) is 10.9. The number of nitrogens with two attached hydrogens (primary N) is 1. The van der Waals surface area contributed by atoms with Crippen molar-refractivity contribution in [3.05, 3.63) is 35.0 Å². The molecule has 3 nitrogen and oxygen atoms in total. The van der Waals surface area contributed by atoms with Gasteiger partial charge in [-0.1, -0.05) is 6.92 Å². The standard InChI is InChI=1S/C12H13F2N3/c1-3-8-6(2)16-12-9(11(8)17-15)4-7(13)5-10(12)14/h4-5H,3,15H2,1-2H3,(H,16,17). The van der Waals surface area contributed by atoms with E-state index in [1.807, 2.05) is 6.92 Å². The van der Waals surface area contributed by atoms with Gasteiger partial charge in [0.1, 0.15) is 11.3 Å². The zero-order valence-corrected chi connectivity index (χ0v) is 9.64. The van der Waals surface area contributed by atoms with E-state index in [2.05, 4.69) is 10.4 Å². The van der Waals surface area contributed by atoms with Crippen LogP contribution in [0.15, 0.2) is 12.1 Å². The molecule has 2 rings (SSSR count). The Hall–Kier alpha value is -1.75. The maximum absolute atomic E-state index is 13.6. The monoisotopic (exact) mass is 237 g/mol. The molecule has 0 aliphatic heterocycles. The predicted molar refractivity (Wildman–Crippen MR) is 63.6 cm³/mol. The van der Waals surface area contributed by atoms with Crippen molar-refractivity contribution in [2.24, 2.45) is 5.84 Å². The molecule has 1 aromatic heterocycles. The number of nitrogen functional groups attached to an aromatic ring is 1. The van der Waals surface area contributed by atoms with Crippen LogP contribution in [0.1, 0.15) is 18.2 Å². The molecular formula is C12H13F2N3. The fraction of sp³-hybridized carbons (Fsp3) is 0.250. The molecule has 0 aliphatic rings. The largest absolute Gasteiger partial charge is 0.323 e. The van der Waals surface area contributed by atoms with Crippen molar-refractivity contribution >= 4 is 16.6 Å². The van der Waals surface area contributed by atoms with Crippen LogP contribution in [-0.2, 0) is 6.42 Å². The van der Waals surface area contributed by atoms with E-state index in [1.54, 1.807) is 6.92 Å². The summed E-state index contributed by atoms with van der Waals surface area (Å²) in [7, 11) is 0. The highest BCUT2D eigenvalue weighted by Crippen LogP contribution is 2.30. The summed E-state index contributed by atoms with van der Waals surface area (Å²) in [5.41, 5.74) is 4.74. The molecular weight excluding hydrogens is 224 g/mol. The Morgan fingerprint density at radius 1 is 1.35 bits per heavy atom. The van der Waals surface area contributed by atoms with Gasteiger partial charge in [-0.05, 0) is 25.0 Å². The molecule has 0 aliphatic carbocycles. The lowest BCUT2D eigenvalue weighted by Crippen LogP contribution is -2.12. The van der Waals surface area contributed by atoms with Gasteiger partial charge in [0.15, 0.2) is 5.82 Å². The summed E-state index contributed by atoms with van der Waals surface area (Å²) in [6.07, 6.45) is 0.687. The van der Waals surface area contributed by atoms with Crippen LogP contribution in [0.2, 0.25) is 0 Å². The number of hydrogen-bond acceptors (Lipinski definition) is 3. The lowest BCUT2D eigenvalue weighted by Gasteiger charge is -2.13. The number of nitrogens with one attached hydrogen (secondary N) is 1. The van der Waals surface area contributed by atoms with Crippen LogP contribution < -0.4 is 11.3 Å². The Labute approximate surface area is 97.6 Å². The van der Waals surface area contributed by atoms with Gasteiger partial charge in [0.2, 0.25) is 0 Å². The van der Waals surface area contributed by atoms with Crippen LogP contribution in [0.5, 0.6) is 0 Å². The molecule has 5 heteroatoms. The molecule has 90 valence electrons. The van der Waals surface area contributed by atoms with Crippen LogP contribution in [0.25, 0.3) is 10.9 Å². The van der Waals surface area contributed by atoms with Crippen molar-refractivity contribution in [2.75, 3.05) is 5.43 Å². The number of aromatic nitrogens is 1. The van der Waals surface area contributed by atoms with Crippen molar-refractivity contribution in [2.45, 2.75) is 20.3 Å². The lowest BCUT2D eigenvalue weighted by atomic mass is 10.0. The first kappa shape index (κ1) is 11.7. The number of pyridine rings is 1. The zero-order valence-electron chi connectivity index (χ0n) is 9.64. The summed E-state index contributed by atoms with van der Waals surface area (Å²) in [5.74, 6) is 4.12. The molecule has 0 amide bonds. The van der Waals surface area contributed by atoms with Crippen LogP contribution in [-0.4, -0.2) is 4.98 Å². The first-order valence-corrected chi connectivity index (χ1v) is 5.33. The van der Waals surface area contributed by atoms with Crippen LogP contribution in [0, 0.1) is 18.6 Å². The summed E-state index contributed by atoms with van der Waals surface area (Å²) in [6, 6.07) is 2.06. The molecule has 0 saturated carbocycles. The number of fused-ring (bicyclic) bond motifs is 1. The maximum atomic E-state index is 13.6. The maximum Gasteiger partial charge on any atom is 0.152 e. The Bertz CT molecular complexity index is 582. The fourth-order valence-corrected chi connectivity index (χ4v) is 2.05. The third-order valence-corrected chi connectivity index (χ3v) is 2.81. The van der Waals surface area contributed by atoms with E-state index in [0.29, 0.717) is 23.2 Å². The topological polar surface area (TPSA) is 50.9 Å². The Kier molecular flexibility index (Phi) is 2.93. The van der Waals surface area contributed by atoms with Gasteiger partial charge in [-0.25, -0.2) is 13.8 Å². The highest BCUT2D eigenvalue weighted by atomic mass is 19.1. The van der Waals surface area contributed by atoms with Gasteiger partial charge in [-0.3, -0.25) is 5.84 Å². The van der Waals surface area contributed by atoms with Crippen molar-refractivity contribution in [1.82, 2.24) is 4.98 Å². The predicted octanol–water partition coefficient (Wildman–Crippen LogP) is 2.67. The summed E-state index contributed by atoms with van der Waals surface area (Å²) in [6.45, 7) is 3.72. The molecule has 0 bridgehead atoms. The van der Waals surface area contributed by atoms with Gasteiger partial charge in [-0.2, -0.15) is 0 Å². The molecule has 1 aromatic carbocycles. The number of nitrogens with zero attached hydrogens (tertiary/aromatic N) is 1. The number of hydrogen-bond donors (Lipinski definition) is 2. The first-order chi connectivity index (χ1) is 8.08. The van der Waals surface area contributed by atoms with Crippen LogP contribution >= 0.6 is 0 Å². The second-order valence-electron chi connectivity index (χ2n) is 3.83. The second-order valence-corrected chi connectivity index (χ2v) is 3.83. The molecule has 0 atom stereocenters. The molecule has 1 heterocycles. The average molecular weight is 237 g/mol. The minimum absolute atomic E-state index is 0.133. The molecule has 2 aromatic rings. The van der Waals surface area contributed by atoms with E-state index in [4.69, 9.17) is 5.84 Å². The lowest BCUT2D eigenvalue weighted by molar-refractivity contribution is 0.590. The summed E-state index contributed by atoms with van der Waals surface area (Å²) in [5, 5.41) is 0.368. The average Bonchev–Trinajstić information content (AvgIpc) is 2.28. The van der Waals surface area contributed by atoms with Gasteiger partial charge < -0.3 is 5.43 Å². The summed E-state index contributed by atoms with van der Waals surface area (Å²) < 4.78 is 26.8. The molecule has 0 fully saturated rings. The van der Waals surface area contributed by atoms with E-state index in [9.17, 15) is 8.78 Å². The van der Waals surface area contributed by atoms with E-state index in [0.717, 1.165) is 11.6 Å². The van der Waals surface area contributed by atoms with Gasteiger partial charge >= 0.3 is 0 Å². The Morgan fingerprint density at radius 3 is 2.65 bits per heavy atom. The fourth-order valence-electron chi connectivity index (χ4n) is 2.05. The number of hydrazine groups is 1. The van der Waals surface area contributed by atoms with Crippen LogP contribution in [0.4, 0.5) is 14.5 Å². The first-order valence-electron chi connectivity index (χ1n) is 5.33. The number of benzene rings is 1. The van der Waals surface area contributed by atoms with Crippen LogP contribution in [0.3, 0.4) is 0 Å². The van der Waals surface area contributed by atoms with Gasteiger partial charge in [0.25, 0.3) is 0 Å². The smallest absolute Gasteiger partial charge is 0.152 e. The second kappa shape index (κ2) is 4.25. The van der Waals surface area contributed by atoms with E-state index in [-0.39, 0.29) is 5.52 Å². The van der Waals surface area contributed by atoms with Gasteiger partial charge in [0, 0.05) is 17.1 Å². The summed E-state index contributed by atoms with van der Waals surface area (Å²) in [4.78, 5) is 4.16. The molecule has 0 spiro atoms. The quantitative estimate of drug-likeness (QED) is 0.623. The number of rotatable bonds is 2. The molecule has 0 unspecified atom stereocenters. The van der Waals surface area contributed by atoms with Gasteiger partial charge in [0.05, 0.1) is 5.69 Å². The number of halogens is 2. The number of anilines is 1. The third kappa shape index (κ3) is 1.82. The van der Waals surface area contributed by atoms with Gasteiger partial charge in [-0.15, -0.1) is 0 Å². The number of aryl methyl sites for hydroxylation is 1. The molecule has 3 N–H and O–H groups in total. The zero-order chi connectivity index (χ0) is 12.6. The van der Waals surface area contributed by atoms with Crippen molar-refractivity contribution in [3.8, 4) is 0 Å². The van der Waals surface area contributed by atoms with E-state index in [1.165, 1.54) is 6.07 Å². The van der Waals surface area contributed by atoms with Crippen molar-refractivity contribution in [3.63, 3.8) is 0 Å². The highest BCUT2D eigenvalue weighted by molar-refractivity contribution is 5.93. The Morgan fingerprint density at radius 2 is 2.06 bits per heavy atom. The van der Waals surface area contributed by atoms with Crippen molar-refractivity contribution in [1.29, 1.82) is 0 Å². The molecule has 17 heavy (non-hydrogen) atoms. The van der Waals surface area contributed by atoms with E-state index >= 15 is 0 Å². The SMILES string of the molecule is CCc1c(C)nc2c(F)cc(F)cc2c1NN.